The lowest BCUT2D eigenvalue weighted by Gasteiger charge is -2.58. The van der Waals surface area contributed by atoms with Crippen molar-refractivity contribution in [3.05, 3.63) is 42.0 Å². The fourth-order valence-corrected chi connectivity index (χ4v) is 10.0. The van der Waals surface area contributed by atoms with Gasteiger partial charge in [0.15, 0.2) is 17.2 Å². The van der Waals surface area contributed by atoms with Crippen LogP contribution in [0.5, 0.6) is 5.75 Å². The van der Waals surface area contributed by atoms with Gasteiger partial charge in [-0.15, -0.1) is 0 Å². The first-order chi connectivity index (χ1) is 21.1. The third-order valence-corrected chi connectivity index (χ3v) is 11.9. The van der Waals surface area contributed by atoms with Crippen molar-refractivity contribution in [1.82, 2.24) is 9.97 Å². The molecule has 9 heteroatoms. The molecule has 4 aliphatic carbocycles. The monoisotopic (exact) mass is 622 g/mol. The summed E-state index contributed by atoms with van der Waals surface area (Å²) in [4.78, 5) is 34.6. The number of methoxy groups -OCH3 is 1. The largest absolute Gasteiger partial charge is 0.494 e. The van der Waals surface area contributed by atoms with Gasteiger partial charge in [-0.1, -0.05) is 50.6 Å². The van der Waals surface area contributed by atoms with Gasteiger partial charge < -0.3 is 24.3 Å². The van der Waals surface area contributed by atoms with E-state index in [2.05, 4.69) is 25.8 Å². The van der Waals surface area contributed by atoms with E-state index in [1.165, 1.54) is 11.8 Å². The molecule has 6 unspecified atom stereocenters. The predicted molar refractivity (Wildman–Crippen MR) is 170 cm³/mol. The molecule has 0 bridgehead atoms. The highest BCUT2D eigenvalue weighted by Gasteiger charge is 2.65. The number of imidazole rings is 1. The van der Waals surface area contributed by atoms with Crippen LogP contribution in [-0.4, -0.2) is 64.6 Å². The maximum absolute atomic E-state index is 14.3. The SMILES string of the molecule is CCC[C@@H](OC)O[C@@H]1CC2C3CCC4=CC(=O)C=CC4(C)C3[C@@H](O)CC2(C)C1C(=O)CSc1nc2ccc(OCC)cc2[nH]1. The van der Waals surface area contributed by atoms with Gasteiger partial charge >= 0.3 is 0 Å². The minimum absolute atomic E-state index is 0.000191. The van der Waals surface area contributed by atoms with E-state index in [1.54, 1.807) is 19.3 Å². The Hall–Kier alpha value is -2.46. The van der Waals surface area contributed by atoms with Crippen LogP contribution in [0.2, 0.25) is 0 Å². The first-order valence-electron chi connectivity index (χ1n) is 16.2. The molecule has 0 radical (unpaired) electrons. The third-order valence-electron chi connectivity index (χ3n) is 11.1. The number of allylic oxidation sites excluding steroid dienone is 4. The first kappa shape index (κ1) is 31.5. The molecule has 6 rings (SSSR count). The summed E-state index contributed by atoms with van der Waals surface area (Å²) in [6.07, 6.45) is 8.92. The number of hydrogen-bond donors (Lipinski definition) is 2. The van der Waals surface area contributed by atoms with Gasteiger partial charge in [0.1, 0.15) is 11.5 Å². The zero-order valence-electron chi connectivity index (χ0n) is 26.5. The molecule has 2 N–H and O–H groups in total. The Morgan fingerprint density at radius 3 is 2.84 bits per heavy atom. The van der Waals surface area contributed by atoms with Gasteiger partial charge in [0, 0.05) is 24.5 Å². The summed E-state index contributed by atoms with van der Waals surface area (Å²) in [6.45, 7) is 9.04. The number of benzene rings is 1. The molecule has 0 saturated heterocycles. The van der Waals surface area contributed by atoms with Crippen molar-refractivity contribution < 1.29 is 28.9 Å². The number of rotatable bonds is 11. The molecule has 44 heavy (non-hydrogen) atoms. The fourth-order valence-electron chi connectivity index (χ4n) is 9.22. The number of ketones is 2. The van der Waals surface area contributed by atoms with E-state index in [0.29, 0.717) is 18.2 Å². The number of nitrogens with zero attached hydrogens (tertiary/aromatic N) is 1. The van der Waals surface area contributed by atoms with E-state index in [0.717, 1.165) is 54.5 Å². The number of ether oxygens (including phenoxy) is 3. The van der Waals surface area contributed by atoms with Crippen LogP contribution >= 0.6 is 11.8 Å². The van der Waals surface area contributed by atoms with E-state index >= 15 is 0 Å². The van der Waals surface area contributed by atoms with Gasteiger partial charge in [0.2, 0.25) is 0 Å². The Morgan fingerprint density at radius 2 is 2.09 bits per heavy atom. The van der Waals surface area contributed by atoms with Gasteiger partial charge in [-0.2, -0.15) is 0 Å². The van der Waals surface area contributed by atoms with Crippen LogP contribution in [0.4, 0.5) is 0 Å². The number of carbonyl (C=O) groups is 2. The molecule has 2 aromatic rings. The highest BCUT2D eigenvalue weighted by Crippen LogP contribution is 2.66. The van der Waals surface area contributed by atoms with Crippen LogP contribution in [0.15, 0.2) is 47.2 Å². The molecule has 9 atom stereocenters. The molecular formula is C35H46N2O6S. The van der Waals surface area contributed by atoms with Gasteiger partial charge in [-0.3, -0.25) is 9.59 Å². The number of aliphatic hydroxyl groups is 1. The van der Waals surface area contributed by atoms with Crippen molar-refractivity contribution >= 4 is 34.4 Å². The van der Waals surface area contributed by atoms with E-state index in [-0.39, 0.29) is 58.8 Å². The molecule has 0 amide bonds. The quantitative estimate of drug-likeness (QED) is 0.222. The molecule has 3 saturated carbocycles. The number of H-pyrrole nitrogens is 1. The Kier molecular flexibility index (Phi) is 8.87. The van der Waals surface area contributed by atoms with Crippen molar-refractivity contribution in [2.75, 3.05) is 19.5 Å². The Labute approximate surface area is 264 Å². The van der Waals surface area contributed by atoms with E-state index in [4.69, 9.17) is 19.2 Å². The molecule has 0 spiro atoms. The number of aromatic nitrogens is 2. The highest BCUT2D eigenvalue weighted by atomic mass is 32.2. The highest BCUT2D eigenvalue weighted by molar-refractivity contribution is 7.99. The maximum Gasteiger partial charge on any atom is 0.178 e. The molecule has 3 fully saturated rings. The Balaban J connectivity index is 1.27. The number of thioether (sulfide) groups is 1. The lowest BCUT2D eigenvalue weighted by atomic mass is 9.46. The van der Waals surface area contributed by atoms with Crippen molar-refractivity contribution in [3.8, 4) is 5.75 Å². The van der Waals surface area contributed by atoms with Crippen molar-refractivity contribution in [2.45, 2.75) is 89.9 Å². The zero-order chi connectivity index (χ0) is 31.2. The summed E-state index contributed by atoms with van der Waals surface area (Å²) < 4.78 is 18.0. The Bertz CT molecular complexity index is 1470. The average Bonchev–Trinajstić information content (AvgIpc) is 3.53. The summed E-state index contributed by atoms with van der Waals surface area (Å²) in [5.74, 6) is 1.27. The van der Waals surface area contributed by atoms with E-state index in [1.807, 2.05) is 31.2 Å². The normalized spacial score (nSPS) is 35.1. The second kappa shape index (κ2) is 12.4. The molecule has 1 heterocycles. The van der Waals surface area contributed by atoms with Crippen molar-refractivity contribution in [1.29, 1.82) is 0 Å². The van der Waals surface area contributed by atoms with Gasteiger partial charge in [0.25, 0.3) is 0 Å². The van der Waals surface area contributed by atoms with E-state index < -0.39 is 11.5 Å². The molecule has 4 aliphatic rings. The summed E-state index contributed by atoms with van der Waals surface area (Å²) in [7, 11) is 1.67. The van der Waals surface area contributed by atoms with Crippen molar-refractivity contribution in [3.63, 3.8) is 0 Å². The zero-order valence-corrected chi connectivity index (χ0v) is 27.3. The molecule has 238 valence electrons. The summed E-state index contributed by atoms with van der Waals surface area (Å²) in [5.41, 5.74) is 2.07. The topological polar surface area (TPSA) is 111 Å². The number of aliphatic hydroxyl groups excluding tert-OH is 1. The minimum Gasteiger partial charge on any atom is -0.494 e. The van der Waals surface area contributed by atoms with E-state index in [9.17, 15) is 14.7 Å². The number of aromatic amines is 1. The van der Waals surface area contributed by atoms with Gasteiger partial charge in [-0.05, 0) is 80.6 Å². The van der Waals surface area contributed by atoms with Gasteiger partial charge in [0.05, 0.1) is 41.5 Å². The average molecular weight is 623 g/mol. The number of carbonyl (C=O) groups excluding carboxylic acids is 2. The lowest BCUT2D eigenvalue weighted by Crippen LogP contribution is -2.56. The predicted octanol–water partition coefficient (Wildman–Crippen LogP) is 6.29. The lowest BCUT2D eigenvalue weighted by molar-refractivity contribution is -0.175. The molecule has 0 aliphatic heterocycles. The van der Waals surface area contributed by atoms with Crippen LogP contribution in [0.1, 0.15) is 66.2 Å². The summed E-state index contributed by atoms with van der Waals surface area (Å²) in [6, 6.07) is 5.77. The van der Waals surface area contributed by atoms with Crippen LogP contribution in [0.25, 0.3) is 11.0 Å². The standard InChI is InChI=1S/C35H46N2O6S/c1-6-8-30(41-5)43-29-17-24-23-11-9-20-15-21(38)13-14-34(20,3)31(23)27(39)18-35(24,4)32(29)28(40)19-44-33-36-25-12-10-22(42-7-2)16-26(25)37-33/h10,12-16,23-24,27,29-32,39H,6-9,11,17-19H2,1-5H3,(H,36,37)/t23?,24?,27-,29+,30-,31?,32?,34?,35?/m0/s1. The molecule has 1 aromatic heterocycles. The second-order valence-corrected chi connectivity index (χ2v) is 14.5. The summed E-state index contributed by atoms with van der Waals surface area (Å²) in [5, 5.41) is 12.6. The fraction of sp³-hybridized carbons (Fsp3) is 0.629. The van der Waals surface area contributed by atoms with Crippen molar-refractivity contribution in [2.24, 2.45) is 34.5 Å². The molecular weight excluding hydrogens is 576 g/mol. The molecule has 1 aromatic carbocycles. The van der Waals surface area contributed by atoms with Crippen LogP contribution in [0, 0.1) is 34.5 Å². The number of nitrogens with one attached hydrogen (secondary N) is 1. The third kappa shape index (κ3) is 5.48. The maximum atomic E-state index is 14.3. The number of hydrogen-bond acceptors (Lipinski definition) is 8. The second-order valence-electron chi connectivity index (χ2n) is 13.6. The first-order valence-corrected chi connectivity index (χ1v) is 17.2. The smallest absolute Gasteiger partial charge is 0.178 e. The van der Waals surface area contributed by atoms with Crippen LogP contribution in [-0.2, 0) is 19.1 Å². The molecule has 8 nitrogen and oxygen atoms in total. The summed E-state index contributed by atoms with van der Waals surface area (Å²) >= 11 is 1.42. The number of Topliss-reactive ketones (excluding diaryl/α,β-unsaturated/α-hetero) is 1. The van der Waals surface area contributed by atoms with Gasteiger partial charge in [-0.25, -0.2) is 4.98 Å². The van der Waals surface area contributed by atoms with Crippen LogP contribution in [0.3, 0.4) is 0 Å². The Morgan fingerprint density at radius 1 is 1.27 bits per heavy atom. The minimum atomic E-state index is -0.585. The van der Waals surface area contributed by atoms with Crippen LogP contribution < -0.4 is 4.74 Å². The number of fused-ring (bicyclic) bond motifs is 6.